The number of anilines is 1. The molecule has 1 aliphatic rings. The molecule has 0 amide bonds. The topological polar surface area (TPSA) is 100 Å². The highest BCUT2D eigenvalue weighted by Gasteiger charge is 2.26. The molecule has 2 aromatic carbocycles. The molecule has 0 spiro atoms. The summed E-state index contributed by atoms with van der Waals surface area (Å²) in [6.07, 6.45) is 3.03. The van der Waals surface area contributed by atoms with E-state index in [1.807, 2.05) is 6.07 Å². The summed E-state index contributed by atoms with van der Waals surface area (Å²) in [5.41, 5.74) is 1.51. The first kappa shape index (κ1) is 17.3. The zero-order valence-electron chi connectivity index (χ0n) is 14.4. The Kier molecular flexibility index (Phi) is 4.00. The predicted molar refractivity (Wildman–Crippen MR) is 104 cm³/mol. The van der Waals surface area contributed by atoms with Crippen LogP contribution in [0.25, 0.3) is 11.0 Å². The number of hydrogen-bond donors (Lipinski definition) is 1. The van der Waals surface area contributed by atoms with Gasteiger partial charge in [0.2, 0.25) is 10.0 Å². The average molecular weight is 384 g/mol. The molecule has 2 heterocycles. The molecule has 0 saturated heterocycles. The maximum atomic E-state index is 12.1. The molecule has 138 valence electrons. The number of para-hydroxylation sites is 1. The summed E-state index contributed by atoms with van der Waals surface area (Å²) in [6, 6.07) is 11.9. The fourth-order valence-electron chi connectivity index (χ4n) is 3.16. The number of fused-ring (bicyclic) bond motifs is 2. The largest absolute Gasteiger partial charge is 0.506 e. The van der Waals surface area contributed by atoms with E-state index in [9.17, 15) is 18.3 Å². The van der Waals surface area contributed by atoms with Crippen molar-refractivity contribution in [2.75, 3.05) is 17.1 Å². The van der Waals surface area contributed by atoms with Gasteiger partial charge in [0.25, 0.3) is 0 Å². The SMILES string of the molecule is CS(=O)(=O)N1CCc2ccc(N=Cc3c(O)c4ccccc4oc3=O)cc21. The summed E-state index contributed by atoms with van der Waals surface area (Å²) in [6.45, 7) is 0.399. The van der Waals surface area contributed by atoms with Crippen molar-refractivity contribution in [3.63, 3.8) is 0 Å². The van der Waals surface area contributed by atoms with Crippen LogP contribution in [0.2, 0.25) is 0 Å². The number of rotatable bonds is 3. The molecule has 0 aliphatic carbocycles. The normalized spacial score (nSPS) is 14.2. The van der Waals surface area contributed by atoms with Crippen LogP contribution in [0.3, 0.4) is 0 Å². The van der Waals surface area contributed by atoms with E-state index in [4.69, 9.17) is 4.42 Å². The summed E-state index contributed by atoms with van der Waals surface area (Å²) >= 11 is 0. The van der Waals surface area contributed by atoms with Gasteiger partial charge in [-0.25, -0.2) is 13.2 Å². The molecule has 8 heteroatoms. The van der Waals surface area contributed by atoms with E-state index in [2.05, 4.69) is 4.99 Å². The molecule has 3 aromatic rings. The van der Waals surface area contributed by atoms with Gasteiger partial charge >= 0.3 is 5.63 Å². The third kappa shape index (κ3) is 3.08. The fraction of sp³-hybridized carbons (Fsp3) is 0.158. The lowest BCUT2D eigenvalue weighted by Gasteiger charge is -2.16. The second-order valence-corrected chi connectivity index (χ2v) is 8.21. The highest BCUT2D eigenvalue weighted by molar-refractivity contribution is 7.92. The highest BCUT2D eigenvalue weighted by Crippen LogP contribution is 2.33. The maximum Gasteiger partial charge on any atom is 0.348 e. The van der Waals surface area contributed by atoms with Gasteiger partial charge in [-0.1, -0.05) is 18.2 Å². The first-order valence-corrected chi connectivity index (χ1v) is 10.1. The van der Waals surface area contributed by atoms with Crippen LogP contribution in [0, 0.1) is 0 Å². The molecule has 1 aliphatic heterocycles. The lowest BCUT2D eigenvalue weighted by Crippen LogP contribution is -2.27. The number of aromatic hydroxyl groups is 1. The molecule has 1 aromatic heterocycles. The van der Waals surface area contributed by atoms with Crippen LogP contribution >= 0.6 is 0 Å². The third-order valence-corrected chi connectivity index (χ3v) is 5.66. The van der Waals surface area contributed by atoms with Gasteiger partial charge < -0.3 is 9.52 Å². The predicted octanol–water partition coefficient (Wildman–Crippen LogP) is 2.57. The van der Waals surface area contributed by atoms with Gasteiger partial charge in [0.15, 0.2) is 0 Å². The molecule has 7 nitrogen and oxygen atoms in total. The van der Waals surface area contributed by atoms with E-state index in [1.54, 1.807) is 36.4 Å². The molecule has 0 atom stereocenters. The lowest BCUT2D eigenvalue weighted by atomic mass is 10.1. The summed E-state index contributed by atoms with van der Waals surface area (Å²) in [4.78, 5) is 16.4. The molecule has 27 heavy (non-hydrogen) atoms. The fourth-order valence-corrected chi connectivity index (χ4v) is 4.11. The smallest absolute Gasteiger partial charge is 0.348 e. The van der Waals surface area contributed by atoms with Crippen molar-refractivity contribution < 1.29 is 17.9 Å². The standard InChI is InChI=1S/C19H16N2O5S/c1-27(24,25)21-9-8-12-6-7-13(10-16(12)21)20-11-15-18(22)14-4-2-3-5-17(14)26-19(15)23/h2-7,10-11,22H,8-9H2,1H3. The highest BCUT2D eigenvalue weighted by atomic mass is 32.2. The molecule has 0 saturated carbocycles. The Balaban J connectivity index is 1.75. The summed E-state index contributed by atoms with van der Waals surface area (Å²) in [5.74, 6) is -0.204. The van der Waals surface area contributed by atoms with Crippen LogP contribution in [0.5, 0.6) is 5.75 Å². The first-order valence-electron chi connectivity index (χ1n) is 8.24. The number of nitrogens with zero attached hydrogens (tertiary/aromatic N) is 2. The minimum Gasteiger partial charge on any atom is -0.506 e. The van der Waals surface area contributed by atoms with E-state index >= 15 is 0 Å². The zero-order chi connectivity index (χ0) is 19.2. The van der Waals surface area contributed by atoms with Gasteiger partial charge in [-0.2, -0.15) is 0 Å². The van der Waals surface area contributed by atoms with Crippen molar-refractivity contribution in [2.45, 2.75) is 6.42 Å². The van der Waals surface area contributed by atoms with Gasteiger partial charge in [0.05, 0.1) is 23.0 Å². The number of benzene rings is 2. The van der Waals surface area contributed by atoms with Crippen LogP contribution in [-0.2, 0) is 16.4 Å². The lowest BCUT2D eigenvalue weighted by molar-refractivity contribution is 0.466. The van der Waals surface area contributed by atoms with Crippen molar-refractivity contribution in [3.05, 3.63) is 64.0 Å². The van der Waals surface area contributed by atoms with Gasteiger partial charge in [0, 0.05) is 12.8 Å². The second kappa shape index (κ2) is 6.24. The van der Waals surface area contributed by atoms with E-state index < -0.39 is 15.6 Å². The minimum atomic E-state index is -3.36. The van der Waals surface area contributed by atoms with Gasteiger partial charge in [-0.05, 0) is 36.2 Å². The van der Waals surface area contributed by atoms with Crippen LogP contribution < -0.4 is 9.93 Å². The summed E-state index contributed by atoms with van der Waals surface area (Å²) < 4.78 is 30.3. The van der Waals surface area contributed by atoms with Crippen molar-refractivity contribution in [3.8, 4) is 5.75 Å². The molecule has 1 N–H and O–H groups in total. The molecule has 0 unspecified atom stereocenters. The Morgan fingerprint density at radius 1 is 1.22 bits per heavy atom. The van der Waals surface area contributed by atoms with Crippen LogP contribution in [0.1, 0.15) is 11.1 Å². The van der Waals surface area contributed by atoms with Crippen molar-refractivity contribution in [1.82, 2.24) is 0 Å². The van der Waals surface area contributed by atoms with E-state index in [-0.39, 0.29) is 11.3 Å². The minimum absolute atomic E-state index is 0.0610. The number of aliphatic imine (C=N–C) groups is 1. The molecular formula is C19H16N2O5S. The molecule has 4 rings (SSSR count). The van der Waals surface area contributed by atoms with E-state index in [0.717, 1.165) is 11.8 Å². The quantitative estimate of drug-likeness (QED) is 0.553. The summed E-state index contributed by atoms with van der Waals surface area (Å²) in [5, 5.41) is 10.8. The average Bonchev–Trinajstić information content (AvgIpc) is 3.05. The Bertz CT molecular complexity index is 1240. The van der Waals surface area contributed by atoms with Gasteiger partial charge in [-0.3, -0.25) is 9.30 Å². The number of sulfonamides is 1. The van der Waals surface area contributed by atoms with E-state index in [1.165, 1.54) is 10.5 Å². The monoisotopic (exact) mass is 384 g/mol. The van der Waals surface area contributed by atoms with Gasteiger partial charge in [-0.15, -0.1) is 0 Å². The Labute approximate surface area is 155 Å². The van der Waals surface area contributed by atoms with Crippen molar-refractivity contribution in [2.24, 2.45) is 4.99 Å². The molecular weight excluding hydrogens is 368 g/mol. The Morgan fingerprint density at radius 3 is 2.78 bits per heavy atom. The van der Waals surface area contributed by atoms with Crippen LogP contribution in [-0.4, -0.2) is 32.5 Å². The second-order valence-electron chi connectivity index (χ2n) is 6.30. The summed E-state index contributed by atoms with van der Waals surface area (Å²) in [7, 11) is -3.36. The third-order valence-electron chi connectivity index (χ3n) is 4.48. The van der Waals surface area contributed by atoms with Crippen LogP contribution in [0.15, 0.2) is 56.7 Å². The van der Waals surface area contributed by atoms with Gasteiger partial charge in [0.1, 0.15) is 16.9 Å². The zero-order valence-corrected chi connectivity index (χ0v) is 15.2. The molecule has 0 fully saturated rings. The maximum absolute atomic E-state index is 12.1. The molecule has 0 radical (unpaired) electrons. The van der Waals surface area contributed by atoms with Crippen LogP contribution in [0.4, 0.5) is 11.4 Å². The molecule has 0 bridgehead atoms. The van der Waals surface area contributed by atoms with Crippen molar-refractivity contribution in [1.29, 1.82) is 0 Å². The number of hydrogen-bond acceptors (Lipinski definition) is 6. The first-order chi connectivity index (χ1) is 12.8. The van der Waals surface area contributed by atoms with Crippen molar-refractivity contribution >= 4 is 38.6 Å². The Hall–Kier alpha value is -3.13. The van der Waals surface area contributed by atoms with E-state index in [0.29, 0.717) is 35.3 Å². The Morgan fingerprint density at radius 2 is 2.00 bits per heavy atom.